The highest BCUT2D eigenvalue weighted by Crippen LogP contribution is 2.78. The molecule has 2 aromatic carbocycles. The van der Waals surface area contributed by atoms with Crippen LogP contribution in [0.25, 0.3) is 10.9 Å². The molecule has 0 bridgehead atoms. The molecule has 1 aromatic heterocycles. The Labute approximate surface area is 344 Å². The first kappa shape index (κ1) is 44.8. The van der Waals surface area contributed by atoms with Gasteiger partial charge in [0.2, 0.25) is 5.43 Å². The number of piperidine rings is 1. The number of amides is 1. The average Bonchev–Trinajstić information content (AvgIpc) is 3.92. The van der Waals surface area contributed by atoms with E-state index in [1.807, 2.05) is 25.7 Å². The van der Waals surface area contributed by atoms with Gasteiger partial charge in [0.25, 0.3) is 0 Å². The van der Waals surface area contributed by atoms with E-state index in [9.17, 15) is 23.5 Å². The quantitative estimate of drug-likeness (QED) is 0.0763. The van der Waals surface area contributed by atoms with Crippen molar-refractivity contribution < 1.29 is 55.4 Å². The summed E-state index contributed by atoms with van der Waals surface area (Å²) < 4.78 is 86.2. The highest BCUT2D eigenvalue weighted by molar-refractivity contribution is 7.72. The van der Waals surface area contributed by atoms with Crippen LogP contribution in [0, 0.1) is 11.7 Å². The first-order chi connectivity index (χ1) is 28.0. The Morgan fingerprint density at radius 1 is 0.898 bits per heavy atom. The van der Waals surface area contributed by atoms with E-state index < -0.39 is 49.5 Å². The molecule has 59 heavy (non-hydrogen) atoms. The Balaban J connectivity index is 1.33. The van der Waals surface area contributed by atoms with E-state index in [0.29, 0.717) is 25.2 Å². The second kappa shape index (κ2) is 18.1. The van der Waals surface area contributed by atoms with Crippen LogP contribution in [0.1, 0.15) is 102 Å². The first-order valence-corrected chi connectivity index (χ1v) is 23.5. The lowest BCUT2D eigenvalue weighted by Crippen LogP contribution is -2.50. The third kappa shape index (κ3) is 9.28. The number of hydrogen-bond donors (Lipinski definition) is 0. The number of pyridine rings is 1. The predicted molar refractivity (Wildman–Crippen MR) is 221 cm³/mol. The van der Waals surface area contributed by atoms with Gasteiger partial charge >= 0.3 is 27.3 Å². The standard InChI is InChI=1S/C41H56FN3O12P2/c1-9-52-58(49,53-10-2)39(59(50,54-11-3)55-12-4)26-15-19-29(20-16-26)56-38(47)31-24-45(28-17-18-28)34-30(36(31)46)22-32(42)35(37(34)51-8)43-23-27-14-13-21-44(33(27)25-43)40(48)57-41(5,6)7/h15-16,19-20,22,24,27-28,33,39H,9-14,17-18,21,23,25H2,1-8H3/t27-,33+/m0/s1. The molecular weight excluding hydrogens is 807 g/mol. The number of fused-ring (bicyclic) bond motifs is 2. The molecule has 2 saturated heterocycles. The summed E-state index contributed by atoms with van der Waals surface area (Å²) in [5.41, 5.74) is -0.924. The van der Waals surface area contributed by atoms with E-state index in [4.69, 9.17) is 32.3 Å². The maximum atomic E-state index is 16.5. The molecule has 3 aromatic rings. The monoisotopic (exact) mass is 863 g/mol. The molecule has 0 N–H and O–H groups in total. The third-order valence-corrected chi connectivity index (χ3v) is 16.5. The number of aromatic nitrogens is 1. The molecule has 0 spiro atoms. The van der Waals surface area contributed by atoms with Crippen molar-refractivity contribution in [3.63, 3.8) is 0 Å². The molecule has 1 aliphatic carbocycles. The number of rotatable bonds is 16. The van der Waals surface area contributed by atoms with E-state index >= 15 is 4.39 Å². The van der Waals surface area contributed by atoms with Crippen LogP contribution in [-0.4, -0.2) is 86.3 Å². The Morgan fingerprint density at radius 3 is 2.02 bits per heavy atom. The van der Waals surface area contributed by atoms with Crippen LogP contribution in [0.4, 0.5) is 14.9 Å². The molecule has 0 unspecified atom stereocenters. The SMILES string of the molecule is CCOP(=O)(OCC)C(c1ccc(OC(=O)c2cn(C3CC3)c3c(OC)c(N4C[C@@H]5CCCN(C(=O)OC(C)(C)C)[C@@H]5C4)c(F)cc3c2=O)cc1)P(=O)(OCC)OCC. The van der Waals surface area contributed by atoms with Gasteiger partial charge in [0.15, 0.2) is 17.0 Å². The normalized spacial score (nSPS) is 18.7. The smallest absolute Gasteiger partial charge is 0.410 e. The number of halogens is 1. The van der Waals surface area contributed by atoms with Crippen LogP contribution in [0.3, 0.4) is 0 Å². The Kier molecular flexibility index (Phi) is 13.7. The van der Waals surface area contributed by atoms with Gasteiger partial charge < -0.3 is 46.7 Å². The molecule has 1 saturated carbocycles. The van der Waals surface area contributed by atoms with Crippen LogP contribution < -0.4 is 19.8 Å². The number of nitrogens with zero attached hydrogens (tertiary/aromatic N) is 3. The maximum absolute atomic E-state index is 16.5. The Bertz CT molecular complexity index is 2140. The van der Waals surface area contributed by atoms with Gasteiger partial charge in [-0.25, -0.2) is 14.0 Å². The predicted octanol–water partition coefficient (Wildman–Crippen LogP) is 9.07. The van der Waals surface area contributed by atoms with E-state index in [1.54, 1.807) is 37.2 Å². The molecule has 3 heterocycles. The minimum atomic E-state index is -4.13. The lowest BCUT2D eigenvalue weighted by molar-refractivity contribution is 0.00667. The van der Waals surface area contributed by atoms with Gasteiger partial charge in [0.05, 0.1) is 50.5 Å². The van der Waals surface area contributed by atoms with E-state index in [0.717, 1.165) is 31.7 Å². The number of benzene rings is 2. The number of esters is 1. The van der Waals surface area contributed by atoms with Gasteiger partial charge in [-0.1, -0.05) is 12.1 Å². The van der Waals surface area contributed by atoms with E-state index in [2.05, 4.69) is 0 Å². The number of carbonyl (C=O) groups is 2. The Hall–Kier alpha value is -3.78. The topological polar surface area (TPSA) is 161 Å². The molecule has 18 heteroatoms. The third-order valence-electron chi connectivity index (χ3n) is 10.5. The Morgan fingerprint density at radius 2 is 1.49 bits per heavy atom. The van der Waals surface area contributed by atoms with Gasteiger partial charge in [0.1, 0.15) is 22.6 Å². The highest BCUT2D eigenvalue weighted by Gasteiger charge is 2.52. The van der Waals surface area contributed by atoms with E-state index in [-0.39, 0.29) is 78.1 Å². The molecule has 2 atom stereocenters. The molecule has 2 aliphatic heterocycles. The zero-order chi connectivity index (χ0) is 42.9. The van der Waals surface area contributed by atoms with Gasteiger partial charge in [-0.2, -0.15) is 0 Å². The molecule has 324 valence electrons. The van der Waals surface area contributed by atoms with Gasteiger partial charge in [-0.05, 0) is 104 Å². The van der Waals surface area contributed by atoms with Crippen molar-refractivity contribution in [2.24, 2.45) is 5.92 Å². The van der Waals surface area contributed by atoms with Crippen molar-refractivity contribution in [3.05, 3.63) is 63.7 Å². The van der Waals surface area contributed by atoms with Gasteiger partial charge in [-0.3, -0.25) is 13.9 Å². The fourth-order valence-electron chi connectivity index (χ4n) is 8.11. The lowest BCUT2D eigenvalue weighted by atomic mass is 9.92. The molecule has 15 nitrogen and oxygen atoms in total. The fourth-order valence-corrected chi connectivity index (χ4v) is 13.5. The van der Waals surface area contributed by atoms with Crippen molar-refractivity contribution in [2.75, 3.05) is 58.1 Å². The number of ether oxygens (including phenoxy) is 3. The summed E-state index contributed by atoms with van der Waals surface area (Å²) in [5, 5.41) is -1.49. The molecule has 3 aliphatic rings. The lowest BCUT2D eigenvalue weighted by Gasteiger charge is -2.37. The molecule has 3 fully saturated rings. The number of carbonyl (C=O) groups excluding carboxylic acids is 2. The largest absolute Gasteiger partial charge is 0.492 e. The van der Waals surface area contributed by atoms with Crippen LogP contribution in [0.5, 0.6) is 11.5 Å². The van der Waals surface area contributed by atoms with Crippen molar-refractivity contribution in [3.8, 4) is 11.5 Å². The summed E-state index contributed by atoms with van der Waals surface area (Å²) in [5.74, 6) is -1.40. The number of hydrogen-bond acceptors (Lipinski definition) is 13. The summed E-state index contributed by atoms with van der Waals surface area (Å²) in [6, 6.07) is 6.59. The highest BCUT2D eigenvalue weighted by atomic mass is 31.2. The zero-order valence-corrected chi connectivity index (χ0v) is 36.9. The summed E-state index contributed by atoms with van der Waals surface area (Å²) >= 11 is 0. The van der Waals surface area contributed by atoms with Crippen molar-refractivity contribution in [1.29, 1.82) is 0 Å². The maximum Gasteiger partial charge on any atom is 0.410 e. The average molecular weight is 864 g/mol. The summed E-state index contributed by atoms with van der Waals surface area (Å²) in [6.07, 6.45) is 4.24. The minimum Gasteiger partial charge on any atom is -0.492 e. The van der Waals surface area contributed by atoms with Crippen LogP contribution >= 0.6 is 15.2 Å². The molecule has 6 rings (SSSR count). The summed E-state index contributed by atoms with van der Waals surface area (Å²) in [4.78, 5) is 44.8. The summed E-state index contributed by atoms with van der Waals surface area (Å²) in [7, 11) is -6.84. The molecule has 0 radical (unpaired) electrons. The van der Waals surface area contributed by atoms with Gasteiger partial charge in [0, 0.05) is 31.9 Å². The second-order valence-corrected chi connectivity index (χ2v) is 20.4. The number of methoxy groups -OCH3 is 1. The number of anilines is 1. The van der Waals surface area contributed by atoms with E-state index in [1.165, 1.54) is 37.6 Å². The first-order valence-electron chi connectivity index (χ1n) is 20.3. The van der Waals surface area contributed by atoms with Crippen LogP contribution in [0.15, 0.2) is 41.3 Å². The van der Waals surface area contributed by atoms with Gasteiger partial charge in [-0.15, -0.1) is 0 Å². The second-order valence-electron chi connectivity index (χ2n) is 15.8. The fraction of sp³-hybridized carbons (Fsp3) is 0.585. The van der Waals surface area contributed by atoms with Crippen LogP contribution in [-0.2, 0) is 32.0 Å². The summed E-state index contributed by atoms with van der Waals surface area (Å²) in [6.45, 7) is 13.3. The van der Waals surface area contributed by atoms with Crippen molar-refractivity contribution >= 4 is 43.8 Å². The molecular formula is C41H56FN3O12P2. The van der Waals surface area contributed by atoms with Crippen LogP contribution in [0.2, 0.25) is 0 Å². The van der Waals surface area contributed by atoms with Crippen molar-refractivity contribution in [2.45, 2.75) is 97.2 Å². The van der Waals surface area contributed by atoms with Crippen molar-refractivity contribution in [1.82, 2.24) is 9.47 Å². The minimum absolute atomic E-state index is 0.00324. The molecule has 1 amide bonds. The number of likely N-dealkylation sites (tertiary alicyclic amines) is 1. The zero-order valence-electron chi connectivity index (χ0n) is 35.1.